The highest BCUT2D eigenvalue weighted by atomic mass is 32.1. The molecule has 0 saturated heterocycles. The lowest BCUT2D eigenvalue weighted by molar-refractivity contribution is 0.304. The van der Waals surface area contributed by atoms with Crippen LogP contribution in [0.4, 0.5) is 0 Å². The number of rotatable bonds is 10. The molecule has 0 fully saturated rings. The molecule has 0 spiro atoms. The quantitative estimate of drug-likeness (QED) is 0.384. The van der Waals surface area contributed by atoms with Crippen LogP contribution in [0, 0.1) is 4.77 Å². The predicted octanol–water partition coefficient (Wildman–Crippen LogP) is 4.73. The van der Waals surface area contributed by atoms with Crippen molar-refractivity contribution in [1.29, 1.82) is 0 Å². The number of nitrogens with one attached hydrogen (secondary N) is 1. The van der Waals surface area contributed by atoms with E-state index in [9.17, 15) is 0 Å². The summed E-state index contributed by atoms with van der Waals surface area (Å²) in [7, 11) is 0. The summed E-state index contributed by atoms with van der Waals surface area (Å²) >= 11 is 5.25. The fourth-order valence-electron chi connectivity index (χ4n) is 2.38. The summed E-state index contributed by atoms with van der Waals surface area (Å²) in [5.74, 6) is 1.70. The Hall–Kier alpha value is -1.95. The first kappa shape index (κ1) is 18.4. The van der Waals surface area contributed by atoms with E-state index in [2.05, 4.69) is 29.1 Å². The van der Waals surface area contributed by atoms with E-state index < -0.39 is 0 Å². The number of aryl methyl sites for hydroxylation is 1. The number of hydrogen-bond acceptors (Lipinski definition) is 4. The van der Waals surface area contributed by atoms with Gasteiger partial charge >= 0.3 is 0 Å². The molecule has 0 bridgehead atoms. The largest absolute Gasteiger partial charge is 0.493 e. The van der Waals surface area contributed by atoms with Crippen LogP contribution in [0.25, 0.3) is 0 Å². The number of ether oxygens (including phenoxy) is 1. The van der Waals surface area contributed by atoms with E-state index in [4.69, 9.17) is 17.0 Å². The Morgan fingerprint density at radius 3 is 2.83 bits per heavy atom. The Morgan fingerprint density at radius 2 is 2.04 bits per heavy atom. The van der Waals surface area contributed by atoms with Crippen LogP contribution in [0.1, 0.15) is 57.3 Å². The van der Waals surface area contributed by atoms with Crippen LogP contribution in [-0.4, -0.2) is 27.7 Å². The molecule has 0 aliphatic rings. The molecule has 5 nitrogen and oxygen atoms in total. The Bertz CT molecular complexity index is 705. The van der Waals surface area contributed by atoms with Crippen LogP contribution in [-0.2, 0) is 6.42 Å². The standard InChI is InChI=1S/C18H26N4OS/c1-3-5-6-9-13-23-16-12-8-7-11-15(16)14-19-22-17(10-4-2)20-21-18(22)24/h7-8,11-12,14H,3-6,9-10,13H2,1-2H3,(H,21,24)/b19-14+. The average molecular weight is 347 g/mol. The third-order valence-corrected chi connectivity index (χ3v) is 3.94. The van der Waals surface area contributed by atoms with E-state index in [0.717, 1.165) is 43.0 Å². The smallest absolute Gasteiger partial charge is 0.216 e. The van der Waals surface area contributed by atoms with Crippen molar-refractivity contribution in [1.82, 2.24) is 14.9 Å². The van der Waals surface area contributed by atoms with Gasteiger partial charge < -0.3 is 4.74 Å². The highest BCUT2D eigenvalue weighted by Gasteiger charge is 2.04. The molecule has 0 amide bonds. The summed E-state index contributed by atoms with van der Waals surface area (Å²) in [6.45, 7) is 5.05. The minimum Gasteiger partial charge on any atom is -0.493 e. The number of hydrogen-bond donors (Lipinski definition) is 1. The summed E-state index contributed by atoms with van der Waals surface area (Å²) < 4.78 is 8.10. The van der Waals surface area contributed by atoms with E-state index in [1.165, 1.54) is 19.3 Å². The maximum absolute atomic E-state index is 5.91. The molecule has 24 heavy (non-hydrogen) atoms. The van der Waals surface area contributed by atoms with Crippen molar-refractivity contribution in [2.45, 2.75) is 52.4 Å². The van der Waals surface area contributed by atoms with E-state index in [1.807, 2.05) is 24.3 Å². The van der Waals surface area contributed by atoms with Crippen LogP contribution in [0.3, 0.4) is 0 Å². The van der Waals surface area contributed by atoms with Crippen LogP contribution in [0.2, 0.25) is 0 Å². The molecule has 1 heterocycles. The maximum atomic E-state index is 5.91. The molecule has 2 aromatic rings. The highest BCUT2D eigenvalue weighted by Crippen LogP contribution is 2.17. The number of benzene rings is 1. The SMILES string of the molecule is CCCCCCOc1ccccc1/C=N/n1c(CCC)n[nH]c1=S. The average Bonchev–Trinajstić information content (AvgIpc) is 2.94. The molecular weight excluding hydrogens is 320 g/mol. The maximum Gasteiger partial charge on any atom is 0.216 e. The molecule has 2 rings (SSSR count). The van der Waals surface area contributed by atoms with Crippen molar-refractivity contribution >= 4 is 18.4 Å². The lowest BCUT2D eigenvalue weighted by Crippen LogP contribution is -2.02. The van der Waals surface area contributed by atoms with Gasteiger partial charge in [-0.25, -0.2) is 0 Å². The number of H-pyrrole nitrogens is 1. The summed E-state index contributed by atoms with van der Waals surface area (Å²) in [6.07, 6.45) is 8.38. The summed E-state index contributed by atoms with van der Waals surface area (Å²) in [5.41, 5.74) is 0.943. The molecule has 0 radical (unpaired) electrons. The molecule has 0 aliphatic heterocycles. The van der Waals surface area contributed by atoms with Gasteiger partial charge in [0.05, 0.1) is 12.8 Å². The van der Waals surface area contributed by atoms with E-state index in [1.54, 1.807) is 10.9 Å². The molecule has 1 N–H and O–H groups in total. The van der Waals surface area contributed by atoms with Gasteiger partial charge in [0.1, 0.15) is 5.75 Å². The lowest BCUT2D eigenvalue weighted by Gasteiger charge is -2.08. The molecule has 1 aromatic carbocycles. The fourth-order valence-corrected chi connectivity index (χ4v) is 2.58. The number of aromatic amines is 1. The second-order valence-corrected chi connectivity index (χ2v) is 6.09. The van der Waals surface area contributed by atoms with Gasteiger partial charge in [-0.3, -0.25) is 5.10 Å². The minimum atomic E-state index is 0.507. The summed E-state index contributed by atoms with van der Waals surface area (Å²) in [5, 5.41) is 11.5. The molecular formula is C18H26N4OS. The Balaban J connectivity index is 2.07. The van der Waals surface area contributed by atoms with Crippen molar-refractivity contribution in [2.75, 3.05) is 6.61 Å². The van der Waals surface area contributed by atoms with Crippen LogP contribution >= 0.6 is 12.2 Å². The van der Waals surface area contributed by atoms with Gasteiger partial charge in [0.2, 0.25) is 4.77 Å². The zero-order chi connectivity index (χ0) is 17.2. The Labute approximate surface area is 148 Å². The number of nitrogens with zero attached hydrogens (tertiary/aromatic N) is 3. The Morgan fingerprint density at radius 1 is 1.21 bits per heavy atom. The first-order valence-electron chi connectivity index (χ1n) is 8.68. The number of para-hydroxylation sites is 1. The fraction of sp³-hybridized carbons (Fsp3) is 0.500. The Kier molecular flexibility index (Phi) is 7.68. The minimum absolute atomic E-state index is 0.507. The normalized spacial score (nSPS) is 11.2. The lowest BCUT2D eigenvalue weighted by atomic mass is 10.2. The van der Waals surface area contributed by atoms with E-state index >= 15 is 0 Å². The van der Waals surface area contributed by atoms with Gasteiger partial charge in [-0.2, -0.15) is 14.9 Å². The highest BCUT2D eigenvalue weighted by molar-refractivity contribution is 7.71. The van der Waals surface area contributed by atoms with Gasteiger partial charge in [0.25, 0.3) is 0 Å². The van der Waals surface area contributed by atoms with Gasteiger partial charge in [0, 0.05) is 12.0 Å². The van der Waals surface area contributed by atoms with Crippen molar-refractivity contribution in [3.05, 3.63) is 40.4 Å². The van der Waals surface area contributed by atoms with E-state index in [0.29, 0.717) is 4.77 Å². The molecule has 0 atom stereocenters. The van der Waals surface area contributed by atoms with Gasteiger partial charge in [-0.05, 0) is 37.2 Å². The first-order valence-corrected chi connectivity index (χ1v) is 9.09. The van der Waals surface area contributed by atoms with Gasteiger partial charge in [-0.15, -0.1) is 0 Å². The third-order valence-electron chi connectivity index (χ3n) is 3.68. The molecule has 0 unspecified atom stereocenters. The first-order chi connectivity index (χ1) is 11.8. The zero-order valence-electron chi connectivity index (χ0n) is 14.5. The van der Waals surface area contributed by atoms with Crippen molar-refractivity contribution in [2.24, 2.45) is 5.10 Å². The predicted molar refractivity (Wildman–Crippen MR) is 100 cm³/mol. The molecule has 0 aliphatic carbocycles. The number of aromatic nitrogens is 3. The second-order valence-electron chi connectivity index (χ2n) is 5.70. The molecule has 1 aromatic heterocycles. The van der Waals surface area contributed by atoms with E-state index in [-0.39, 0.29) is 0 Å². The third kappa shape index (κ3) is 5.30. The van der Waals surface area contributed by atoms with Crippen molar-refractivity contribution in [3.63, 3.8) is 0 Å². The second kappa shape index (κ2) is 10.0. The molecule has 130 valence electrons. The zero-order valence-corrected chi connectivity index (χ0v) is 15.3. The molecule has 6 heteroatoms. The van der Waals surface area contributed by atoms with Crippen LogP contribution in [0.5, 0.6) is 5.75 Å². The van der Waals surface area contributed by atoms with Crippen LogP contribution in [0.15, 0.2) is 29.4 Å². The monoisotopic (exact) mass is 346 g/mol. The summed E-state index contributed by atoms with van der Waals surface area (Å²) in [4.78, 5) is 0. The summed E-state index contributed by atoms with van der Waals surface area (Å²) in [6, 6.07) is 7.93. The van der Waals surface area contributed by atoms with Gasteiger partial charge in [-0.1, -0.05) is 45.2 Å². The van der Waals surface area contributed by atoms with Crippen molar-refractivity contribution in [3.8, 4) is 5.75 Å². The molecule has 0 saturated carbocycles. The topological polar surface area (TPSA) is 55.2 Å². The van der Waals surface area contributed by atoms with Crippen molar-refractivity contribution < 1.29 is 4.74 Å². The van der Waals surface area contributed by atoms with Gasteiger partial charge in [0.15, 0.2) is 5.82 Å². The van der Waals surface area contributed by atoms with Crippen LogP contribution < -0.4 is 4.74 Å². The number of unbranched alkanes of at least 4 members (excludes halogenated alkanes) is 3.